The monoisotopic (exact) mass is 310 g/mol. The Morgan fingerprint density at radius 3 is 2.43 bits per heavy atom. The van der Waals surface area contributed by atoms with E-state index in [-0.39, 0.29) is 16.0 Å². The number of carbonyl (C=O) groups excluding carboxylic acids is 1. The molecule has 2 heterocycles. The van der Waals surface area contributed by atoms with Crippen molar-refractivity contribution in [3.63, 3.8) is 0 Å². The van der Waals surface area contributed by atoms with E-state index in [0.717, 1.165) is 29.7 Å². The van der Waals surface area contributed by atoms with E-state index in [1.165, 1.54) is 17.1 Å². The van der Waals surface area contributed by atoms with Crippen molar-refractivity contribution >= 4 is 21.9 Å². The predicted molar refractivity (Wildman–Crippen MR) is 72.2 cm³/mol. The van der Waals surface area contributed by atoms with E-state index in [4.69, 9.17) is 5.11 Å². The van der Waals surface area contributed by atoms with Crippen molar-refractivity contribution in [3.05, 3.63) is 29.3 Å². The summed E-state index contributed by atoms with van der Waals surface area (Å²) in [4.78, 5) is 23.1. The van der Waals surface area contributed by atoms with Crippen molar-refractivity contribution in [2.45, 2.75) is 24.2 Å². The SMILES string of the molecule is O=C(O)c1ccc2c(c1)S(=O)(=O)N(N1CCCCC1)C2=O. The maximum Gasteiger partial charge on any atom is 0.335 e. The van der Waals surface area contributed by atoms with Crippen LogP contribution in [0.15, 0.2) is 23.1 Å². The van der Waals surface area contributed by atoms with Gasteiger partial charge in [0, 0.05) is 13.1 Å². The number of amides is 1. The van der Waals surface area contributed by atoms with Crippen LogP contribution in [0.5, 0.6) is 0 Å². The third-order valence-electron chi connectivity index (χ3n) is 3.73. The van der Waals surface area contributed by atoms with Crippen molar-refractivity contribution in [2.24, 2.45) is 0 Å². The van der Waals surface area contributed by atoms with Crippen molar-refractivity contribution in [1.82, 2.24) is 9.42 Å². The summed E-state index contributed by atoms with van der Waals surface area (Å²) in [6, 6.07) is 3.56. The van der Waals surface area contributed by atoms with Crippen LogP contribution in [0.4, 0.5) is 0 Å². The summed E-state index contributed by atoms with van der Waals surface area (Å²) in [5.74, 6) is -1.83. The molecule has 0 saturated carbocycles. The van der Waals surface area contributed by atoms with Gasteiger partial charge < -0.3 is 5.11 Å². The third-order valence-corrected chi connectivity index (χ3v) is 5.47. The maximum atomic E-state index is 12.5. The van der Waals surface area contributed by atoms with Gasteiger partial charge >= 0.3 is 5.97 Å². The van der Waals surface area contributed by atoms with Gasteiger partial charge in [-0.25, -0.2) is 9.80 Å². The molecular weight excluding hydrogens is 296 g/mol. The maximum absolute atomic E-state index is 12.5. The Labute approximate surface area is 121 Å². The average Bonchev–Trinajstić information content (AvgIpc) is 2.66. The molecule has 1 fully saturated rings. The molecule has 1 aromatic rings. The van der Waals surface area contributed by atoms with E-state index in [0.29, 0.717) is 13.1 Å². The lowest BCUT2D eigenvalue weighted by atomic mass is 10.1. The Kier molecular flexibility index (Phi) is 3.22. The number of carbonyl (C=O) groups is 2. The van der Waals surface area contributed by atoms with Crippen LogP contribution in [0.2, 0.25) is 0 Å². The minimum atomic E-state index is -4.00. The van der Waals surface area contributed by atoms with Crippen LogP contribution in [0.3, 0.4) is 0 Å². The van der Waals surface area contributed by atoms with Crippen LogP contribution in [0, 0.1) is 0 Å². The first-order valence-corrected chi connectivity index (χ1v) is 8.09. The fourth-order valence-electron chi connectivity index (χ4n) is 2.69. The quantitative estimate of drug-likeness (QED) is 0.873. The summed E-state index contributed by atoms with van der Waals surface area (Å²) in [5, 5.41) is 10.5. The lowest BCUT2D eigenvalue weighted by Crippen LogP contribution is -2.48. The molecule has 0 bridgehead atoms. The van der Waals surface area contributed by atoms with E-state index in [9.17, 15) is 18.0 Å². The minimum Gasteiger partial charge on any atom is -0.478 e. The van der Waals surface area contributed by atoms with Gasteiger partial charge in [0.15, 0.2) is 0 Å². The summed E-state index contributed by atoms with van der Waals surface area (Å²) in [6.45, 7) is 1.01. The first-order valence-electron chi connectivity index (χ1n) is 6.65. The molecule has 1 aromatic carbocycles. The molecule has 1 saturated heterocycles. The molecule has 2 aliphatic rings. The Morgan fingerprint density at radius 1 is 1.14 bits per heavy atom. The number of hydrogen-bond acceptors (Lipinski definition) is 5. The van der Waals surface area contributed by atoms with Gasteiger partial charge in [0.05, 0.1) is 11.1 Å². The van der Waals surface area contributed by atoms with Crippen LogP contribution in [-0.2, 0) is 10.0 Å². The average molecular weight is 310 g/mol. The van der Waals surface area contributed by atoms with Crippen LogP contribution in [-0.4, -0.2) is 47.9 Å². The van der Waals surface area contributed by atoms with E-state index in [1.807, 2.05) is 0 Å². The Morgan fingerprint density at radius 2 is 1.81 bits per heavy atom. The summed E-state index contributed by atoms with van der Waals surface area (Å²) in [5.41, 5.74) is -0.115. The number of carboxylic acid groups (broad SMARTS) is 1. The van der Waals surface area contributed by atoms with E-state index < -0.39 is 21.9 Å². The molecule has 112 valence electrons. The number of benzene rings is 1. The van der Waals surface area contributed by atoms with Gasteiger partial charge in [-0.3, -0.25) is 4.79 Å². The Bertz CT molecular complexity index is 722. The molecule has 0 unspecified atom stereocenters. The molecule has 3 rings (SSSR count). The number of sulfonamides is 1. The van der Waals surface area contributed by atoms with Crippen LogP contribution >= 0.6 is 0 Å². The van der Waals surface area contributed by atoms with E-state index in [1.54, 1.807) is 0 Å². The second-order valence-corrected chi connectivity index (χ2v) is 6.82. The van der Waals surface area contributed by atoms with Crippen LogP contribution in [0.1, 0.15) is 40.0 Å². The molecule has 1 N–H and O–H groups in total. The van der Waals surface area contributed by atoms with Crippen molar-refractivity contribution < 1.29 is 23.1 Å². The van der Waals surface area contributed by atoms with Crippen molar-refractivity contribution in [1.29, 1.82) is 0 Å². The van der Waals surface area contributed by atoms with Gasteiger partial charge in [0.25, 0.3) is 15.9 Å². The van der Waals surface area contributed by atoms with Gasteiger partial charge in [0.1, 0.15) is 4.90 Å². The van der Waals surface area contributed by atoms with E-state index in [2.05, 4.69) is 0 Å². The molecule has 0 radical (unpaired) electrons. The highest BCUT2D eigenvalue weighted by Crippen LogP contribution is 2.33. The molecule has 0 aromatic heterocycles. The van der Waals surface area contributed by atoms with Crippen LogP contribution in [0.25, 0.3) is 0 Å². The summed E-state index contributed by atoms with van der Waals surface area (Å²) in [7, 11) is -4.00. The molecular formula is C13H14N2O5S. The number of carboxylic acids is 1. The second-order valence-electron chi connectivity index (χ2n) is 5.08. The number of aromatic carboxylic acids is 1. The summed E-state index contributed by atoms with van der Waals surface area (Å²) >= 11 is 0. The van der Waals surface area contributed by atoms with Gasteiger partial charge in [-0.2, -0.15) is 12.8 Å². The molecule has 0 atom stereocenters. The number of hydrogen-bond donors (Lipinski definition) is 1. The molecule has 0 spiro atoms. The third kappa shape index (κ3) is 2.11. The van der Waals surface area contributed by atoms with Gasteiger partial charge in [-0.1, -0.05) is 6.42 Å². The van der Waals surface area contributed by atoms with E-state index >= 15 is 0 Å². The zero-order valence-electron chi connectivity index (χ0n) is 11.2. The van der Waals surface area contributed by atoms with Gasteiger partial charge in [-0.05, 0) is 31.0 Å². The zero-order chi connectivity index (χ0) is 15.2. The fourth-order valence-corrected chi connectivity index (χ4v) is 4.37. The number of fused-ring (bicyclic) bond motifs is 1. The highest BCUT2D eigenvalue weighted by Gasteiger charge is 2.45. The standard InChI is InChI=1S/C13H14N2O5S/c16-12-10-5-4-9(13(17)18)8-11(10)21(19,20)15(12)14-6-2-1-3-7-14/h4-5,8H,1-3,6-7H2,(H,17,18). The largest absolute Gasteiger partial charge is 0.478 e. The molecule has 2 aliphatic heterocycles. The second kappa shape index (κ2) is 4.81. The Hall–Kier alpha value is -1.93. The fraction of sp³-hybridized carbons (Fsp3) is 0.385. The van der Waals surface area contributed by atoms with Crippen molar-refractivity contribution in [2.75, 3.05) is 13.1 Å². The molecule has 8 heteroatoms. The molecule has 21 heavy (non-hydrogen) atoms. The van der Waals surface area contributed by atoms with Gasteiger partial charge in [0.2, 0.25) is 0 Å². The van der Waals surface area contributed by atoms with Crippen molar-refractivity contribution in [3.8, 4) is 0 Å². The first kappa shape index (κ1) is 14.0. The smallest absolute Gasteiger partial charge is 0.335 e. The molecule has 7 nitrogen and oxygen atoms in total. The highest BCUT2D eigenvalue weighted by molar-refractivity contribution is 7.90. The Balaban J connectivity index is 2.08. The number of nitrogens with zero attached hydrogens (tertiary/aromatic N) is 2. The number of rotatable bonds is 2. The predicted octanol–water partition coefficient (Wildman–Crippen LogP) is 0.930. The van der Waals surface area contributed by atoms with Gasteiger partial charge in [-0.15, -0.1) is 0 Å². The summed E-state index contributed by atoms with van der Waals surface area (Å²) in [6.07, 6.45) is 2.67. The molecule has 1 amide bonds. The lowest BCUT2D eigenvalue weighted by molar-refractivity contribution is 0.0313. The minimum absolute atomic E-state index is 0.0329. The first-order chi connectivity index (χ1) is 9.93. The zero-order valence-corrected chi connectivity index (χ0v) is 12.0. The number of hydrazine groups is 1. The normalized spacial score (nSPS) is 21.3. The topological polar surface area (TPSA) is 95.0 Å². The number of piperidine rings is 1. The van der Waals surface area contributed by atoms with Crippen LogP contribution < -0.4 is 0 Å². The molecule has 0 aliphatic carbocycles. The highest BCUT2D eigenvalue weighted by atomic mass is 32.2. The lowest BCUT2D eigenvalue weighted by Gasteiger charge is -2.32. The summed E-state index contributed by atoms with van der Waals surface area (Å²) < 4.78 is 25.9.